The molecule has 12 heavy (non-hydrogen) atoms. The van der Waals surface area contributed by atoms with Gasteiger partial charge in [-0.1, -0.05) is 23.2 Å². The van der Waals surface area contributed by atoms with Crippen molar-refractivity contribution >= 4 is 17.3 Å². The number of anilines is 1. The lowest BCUT2D eigenvalue weighted by Gasteiger charge is -2.00. The summed E-state index contributed by atoms with van der Waals surface area (Å²) in [5.74, 6) is 0. The Morgan fingerprint density at radius 1 is 1.42 bits per heavy atom. The number of nitrogens with one attached hydrogen (secondary N) is 1. The first-order chi connectivity index (χ1) is 5.68. The topological polar surface area (TPSA) is 12.0 Å². The van der Waals surface area contributed by atoms with Crippen LogP contribution in [0.2, 0.25) is 5.02 Å². The first kappa shape index (κ1) is 9.14. The summed E-state index contributed by atoms with van der Waals surface area (Å²) in [4.78, 5) is 0. The van der Waals surface area contributed by atoms with Gasteiger partial charge in [0.15, 0.2) is 0 Å². The van der Waals surface area contributed by atoms with Crippen molar-refractivity contribution < 1.29 is 0 Å². The first-order valence-corrected chi connectivity index (χ1v) is 4.22. The second kappa shape index (κ2) is 4.17. The molecule has 0 spiro atoms. The molecular weight excluding hydrogens is 170 g/mol. The highest BCUT2D eigenvalue weighted by Crippen LogP contribution is 2.14. The van der Waals surface area contributed by atoms with E-state index in [1.807, 2.05) is 44.3 Å². The fraction of sp³-hybridized carbons (Fsp3) is 0.200. The summed E-state index contributed by atoms with van der Waals surface area (Å²) < 4.78 is 0. The molecule has 0 heterocycles. The number of hydrogen-bond acceptors (Lipinski definition) is 1. The average molecular weight is 182 g/mol. The van der Waals surface area contributed by atoms with Gasteiger partial charge in [0, 0.05) is 10.7 Å². The van der Waals surface area contributed by atoms with E-state index >= 15 is 0 Å². The zero-order valence-corrected chi connectivity index (χ0v) is 8.02. The summed E-state index contributed by atoms with van der Waals surface area (Å²) in [6.45, 7) is 4.08. The molecule has 0 aliphatic carbocycles. The van der Waals surface area contributed by atoms with Gasteiger partial charge in [-0.15, -0.1) is 0 Å². The van der Waals surface area contributed by atoms with Crippen molar-refractivity contribution in [2.45, 2.75) is 13.8 Å². The van der Waals surface area contributed by atoms with Gasteiger partial charge in [0.2, 0.25) is 0 Å². The third-order valence-electron chi connectivity index (χ3n) is 1.35. The smallest absolute Gasteiger partial charge is 0.0426 e. The SMILES string of the molecule is CC(C)=CNc1cccc(Cl)c1. The molecule has 0 atom stereocenters. The van der Waals surface area contributed by atoms with E-state index in [1.165, 1.54) is 5.57 Å². The van der Waals surface area contributed by atoms with Gasteiger partial charge >= 0.3 is 0 Å². The fourth-order valence-electron chi connectivity index (χ4n) is 0.806. The highest BCUT2D eigenvalue weighted by Gasteiger charge is 1.89. The zero-order valence-electron chi connectivity index (χ0n) is 7.26. The molecule has 0 aliphatic heterocycles. The molecule has 0 aromatic heterocycles. The van der Waals surface area contributed by atoms with E-state index in [0.29, 0.717) is 0 Å². The van der Waals surface area contributed by atoms with E-state index in [0.717, 1.165) is 10.7 Å². The molecule has 2 heteroatoms. The monoisotopic (exact) mass is 181 g/mol. The molecule has 0 bridgehead atoms. The lowest BCUT2D eigenvalue weighted by atomic mass is 10.3. The molecule has 0 unspecified atom stereocenters. The number of benzene rings is 1. The molecule has 1 N–H and O–H groups in total. The van der Waals surface area contributed by atoms with Crippen LogP contribution in [0.4, 0.5) is 5.69 Å². The summed E-state index contributed by atoms with van der Waals surface area (Å²) >= 11 is 5.80. The van der Waals surface area contributed by atoms with Crippen LogP contribution in [0, 0.1) is 0 Å². The third-order valence-corrected chi connectivity index (χ3v) is 1.59. The first-order valence-electron chi connectivity index (χ1n) is 3.84. The van der Waals surface area contributed by atoms with Gasteiger partial charge in [0.05, 0.1) is 0 Å². The van der Waals surface area contributed by atoms with Crippen LogP contribution in [0.3, 0.4) is 0 Å². The second-order valence-electron chi connectivity index (χ2n) is 2.88. The standard InChI is InChI=1S/C10H12ClN/c1-8(2)7-12-10-5-3-4-9(11)6-10/h3-7,12H,1-2H3. The molecule has 0 saturated heterocycles. The van der Waals surface area contributed by atoms with Crippen molar-refractivity contribution in [1.82, 2.24) is 0 Å². The van der Waals surface area contributed by atoms with Crippen molar-refractivity contribution in [3.8, 4) is 0 Å². The third kappa shape index (κ3) is 2.97. The quantitative estimate of drug-likeness (QED) is 0.734. The molecule has 0 saturated carbocycles. The lowest BCUT2D eigenvalue weighted by molar-refractivity contribution is 1.36. The summed E-state index contributed by atoms with van der Waals surface area (Å²) in [7, 11) is 0. The summed E-state index contributed by atoms with van der Waals surface area (Å²) in [6.07, 6.45) is 1.95. The largest absolute Gasteiger partial charge is 0.362 e. The van der Waals surface area contributed by atoms with Gasteiger partial charge in [0.1, 0.15) is 0 Å². The average Bonchev–Trinajstić information content (AvgIpc) is 2.01. The van der Waals surface area contributed by atoms with Crippen molar-refractivity contribution in [2.24, 2.45) is 0 Å². The molecule has 64 valence electrons. The van der Waals surface area contributed by atoms with Gasteiger partial charge in [-0.05, 0) is 38.2 Å². The predicted octanol–water partition coefficient (Wildman–Crippen LogP) is 3.68. The van der Waals surface area contributed by atoms with Gasteiger partial charge in [-0.2, -0.15) is 0 Å². The van der Waals surface area contributed by atoms with Gasteiger partial charge in [-0.25, -0.2) is 0 Å². The van der Waals surface area contributed by atoms with Gasteiger partial charge < -0.3 is 5.32 Å². The fourth-order valence-corrected chi connectivity index (χ4v) is 0.996. The Hall–Kier alpha value is -0.950. The maximum Gasteiger partial charge on any atom is 0.0426 e. The van der Waals surface area contributed by atoms with E-state index in [9.17, 15) is 0 Å². The molecule has 1 aromatic carbocycles. The summed E-state index contributed by atoms with van der Waals surface area (Å²) in [5.41, 5.74) is 2.25. The van der Waals surface area contributed by atoms with Gasteiger partial charge in [-0.3, -0.25) is 0 Å². The minimum Gasteiger partial charge on any atom is -0.362 e. The Balaban J connectivity index is 2.70. The van der Waals surface area contributed by atoms with Crippen molar-refractivity contribution in [1.29, 1.82) is 0 Å². The molecule has 1 nitrogen and oxygen atoms in total. The van der Waals surface area contributed by atoms with Crippen LogP contribution in [0.15, 0.2) is 36.0 Å². The molecule has 0 radical (unpaired) electrons. The van der Waals surface area contributed by atoms with E-state index in [2.05, 4.69) is 5.32 Å². The van der Waals surface area contributed by atoms with Crippen LogP contribution >= 0.6 is 11.6 Å². The Bertz CT molecular complexity index is 288. The van der Waals surface area contributed by atoms with E-state index in [-0.39, 0.29) is 0 Å². The highest BCUT2D eigenvalue weighted by molar-refractivity contribution is 6.30. The number of rotatable bonds is 2. The van der Waals surface area contributed by atoms with Crippen LogP contribution in [0.5, 0.6) is 0 Å². The van der Waals surface area contributed by atoms with Gasteiger partial charge in [0.25, 0.3) is 0 Å². The molecule has 0 aliphatic rings. The molecular formula is C10H12ClN. The van der Waals surface area contributed by atoms with Crippen LogP contribution in [0.25, 0.3) is 0 Å². The molecule has 0 fully saturated rings. The van der Waals surface area contributed by atoms with Crippen LogP contribution in [0.1, 0.15) is 13.8 Å². The Morgan fingerprint density at radius 2 is 2.17 bits per heavy atom. The number of allylic oxidation sites excluding steroid dienone is 1. The minimum absolute atomic E-state index is 0.752. The van der Waals surface area contributed by atoms with Crippen LogP contribution < -0.4 is 5.32 Å². The summed E-state index contributed by atoms with van der Waals surface area (Å²) in [6, 6.07) is 7.64. The van der Waals surface area contributed by atoms with Crippen LogP contribution in [-0.4, -0.2) is 0 Å². The lowest BCUT2D eigenvalue weighted by Crippen LogP contribution is -1.87. The number of halogens is 1. The van der Waals surface area contributed by atoms with Crippen molar-refractivity contribution in [3.05, 3.63) is 41.1 Å². The van der Waals surface area contributed by atoms with E-state index < -0.39 is 0 Å². The van der Waals surface area contributed by atoms with Crippen molar-refractivity contribution in [3.63, 3.8) is 0 Å². The Labute approximate surface area is 78.1 Å². The van der Waals surface area contributed by atoms with Crippen molar-refractivity contribution in [2.75, 3.05) is 5.32 Å². The maximum absolute atomic E-state index is 5.80. The maximum atomic E-state index is 5.80. The number of hydrogen-bond donors (Lipinski definition) is 1. The molecule has 1 aromatic rings. The van der Waals surface area contributed by atoms with E-state index in [4.69, 9.17) is 11.6 Å². The van der Waals surface area contributed by atoms with E-state index in [1.54, 1.807) is 0 Å². The second-order valence-corrected chi connectivity index (χ2v) is 3.31. The normalized spacial score (nSPS) is 9.25. The Kier molecular flexibility index (Phi) is 3.18. The minimum atomic E-state index is 0.752. The molecule has 0 amide bonds. The Morgan fingerprint density at radius 3 is 2.75 bits per heavy atom. The summed E-state index contributed by atoms with van der Waals surface area (Å²) in [5, 5.41) is 3.89. The predicted molar refractivity (Wildman–Crippen MR) is 54.5 cm³/mol. The molecule has 1 rings (SSSR count). The highest BCUT2D eigenvalue weighted by atomic mass is 35.5. The zero-order chi connectivity index (χ0) is 8.97. The van der Waals surface area contributed by atoms with Crippen LogP contribution in [-0.2, 0) is 0 Å².